The molecule has 6 nitrogen and oxygen atoms in total. The van der Waals surface area contributed by atoms with Gasteiger partial charge in [-0.1, -0.05) is 6.07 Å². The molecule has 0 heterocycles. The maximum atomic E-state index is 12.6. The minimum atomic E-state index is -4.51. The standard InChI is InChI=1S/C21H17F3N2O4S/c1-30-18-11-9-16(10-12-18)26-31(28,29)19-4-2-3-17(13-19)25-20(27)14-5-7-15(8-6-14)21(22,23)24/h2-13,26H,1H3,(H,25,27). The molecule has 0 aliphatic carbocycles. The fraction of sp³-hybridized carbons (Fsp3) is 0.0952. The predicted molar refractivity (Wildman–Crippen MR) is 110 cm³/mol. The van der Waals surface area contributed by atoms with Crippen LogP contribution in [0.25, 0.3) is 0 Å². The van der Waals surface area contributed by atoms with Gasteiger partial charge in [0.2, 0.25) is 0 Å². The Morgan fingerprint density at radius 3 is 2.13 bits per heavy atom. The van der Waals surface area contributed by atoms with Crippen LogP contribution in [0.4, 0.5) is 24.5 Å². The van der Waals surface area contributed by atoms with Crippen LogP contribution in [-0.2, 0) is 16.2 Å². The molecule has 0 aromatic heterocycles. The Morgan fingerprint density at radius 2 is 1.55 bits per heavy atom. The summed E-state index contributed by atoms with van der Waals surface area (Å²) in [6, 6.07) is 15.4. The summed E-state index contributed by atoms with van der Waals surface area (Å²) < 4.78 is 70.7. The van der Waals surface area contributed by atoms with E-state index in [4.69, 9.17) is 4.74 Å². The van der Waals surface area contributed by atoms with Crippen molar-refractivity contribution in [2.24, 2.45) is 0 Å². The zero-order chi connectivity index (χ0) is 22.6. The largest absolute Gasteiger partial charge is 0.497 e. The summed E-state index contributed by atoms with van der Waals surface area (Å²) in [6.45, 7) is 0. The van der Waals surface area contributed by atoms with E-state index >= 15 is 0 Å². The fourth-order valence-corrected chi connectivity index (χ4v) is 3.73. The highest BCUT2D eigenvalue weighted by atomic mass is 32.2. The van der Waals surface area contributed by atoms with Crippen LogP contribution in [0.3, 0.4) is 0 Å². The van der Waals surface area contributed by atoms with Gasteiger partial charge in [0.25, 0.3) is 15.9 Å². The summed E-state index contributed by atoms with van der Waals surface area (Å²) in [7, 11) is -2.46. The monoisotopic (exact) mass is 450 g/mol. The molecule has 0 bridgehead atoms. The van der Waals surface area contributed by atoms with Crippen LogP contribution in [0.1, 0.15) is 15.9 Å². The summed E-state index contributed by atoms with van der Waals surface area (Å²) in [4.78, 5) is 12.2. The number of ether oxygens (including phenoxy) is 1. The van der Waals surface area contributed by atoms with Crippen LogP contribution >= 0.6 is 0 Å². The molecule has 3 aromatic rings. The van der Waals surface area contributed by atoms with Crippen molar-refractivity contribution in [1.82, 2.24) is 0 Å². The highest BCUT2D eigenvalue weighted by Crippen LogP contribution is 2.29. The quantitative estimate of drug-likeness (QED) is 0.567. The summed E-state index contributed by atoms with van der Waals surface area (Å²) in [5.74, 6) is -0.109. The summed E-state index contributed by atoms with van der Waals surface area (Å²) in [5, 5.41) is 2.48. The van der Waals surface area contributed by atoms with Crippen LogP contribution in [0, 0.1) is 0 Å². The highest BCUT2D eigenvalue weighted by Gasteiger charge is 2.30. The molecule has 2 N–H and O–H groups in total. The third kappa shape index (κ3) is 5.54. The summed E-state index contributed by atoms with van der Waals surface area (Å²) in [6.07, 6.45) is -4.51. The predicted octanol–water partition coefficient (Wildman–Crippen LogP) is 4.77. The minimum absolute atomic E-state index is 0.00221. The van der Waals surface area contributed by atoms with Gasteiger partial charge in [-0.3, -0.25) is 9.52 Å². The number of benzene rings is 3. The van der Waals surface area contributed by atoms with E-state index < -0.39 is 27.7 Å². The molecule has 0 saturated carbocycles. The first-order valence-corrected chi connectivity index (χ1v) is 10.3. The van der Waals surface area contributed by atoms with Crippen LogP contribution in [0.5, 0.6) is 5.75 Å². The van der Waals surface area contributed by atoms with Crippen LogP contribution < -0.4 is 14.8 Å². The first-order chi connectivity index (χ1) is 14.6. The molecule has 10 heteroatoms. The van der Waals surface area contributed by atoms with E-state index in [0.717, 1.165) is 24.3 Å². The zero-order valence-electron chi connectivity index (χ0n) is 16.1. The van der Waals surface area contributed by atoms with E-state index in [1.165, 1.54) is 43.5 Å². The molecule has 0 spiro atoms. The van der Waals surface area contributed by atoms with Gasteiger partial charge in [-0.05, 0) is 66.7 Å². The second-order valence-electron chi connectivity index (χ2n) is 6.39. The van der Waals surface area contributed by atoms with Gasteiger partial charge in [0.05, 0.1) is 17.6 Å². The van der Waals surface area contributed by atoms with Crippen LogP contribution in [-0.4, -0.2) is 21.4 Å². The van der Waals surface area contributed by atoms with Crippen LogP contribution in [0.15, 0.2) is 77.7 Å². The molecular weight excluding hydrogens is 433 g/mol. The molecule has 31 heavy (non-hydrogen) atoms. The Hall–Kier alpha value is -3.53. The number of amides is 1. The normalized spacial score (nSPS) is 11.6. The van der Waals surface area contributed by atoms with E-state index in [-0.39, 0.29) is 16.1 Å². The van der Waals surface area contributed by atoms with E-state index in [1.807, 2.05) is 0 Å². The maximum Gasteiger partial charge on any atom is 0.416 e. The second kappa shape index (κ2) is 8.68. The number of sulfonamides is 1. The Kier molecular flexibility index (Phi) is 6.21. The molecule has 0 radical (unpaired) electrons. The topological polar surface area (TPSA) is 84.5 Å². The number of carbonyl (C=O) groups is 1. The maximum absolute atomic E-state index is 12.6. The van der Waals surface area contributed by atoms with Crippen molar-refractivity contribution >= 4 is 27.3 Å². The van der Waals surface area contributed by atoms with Gasteiger partial charge >= 0.3 is 6.18 Å². The fourth-order valence-electron chi connectivity index (χ4n) is 2.63. The molecule has 3 rings (SSSR count). The number of methoxy groups -OCH3 is 1. The molecule has 1 amide bonds. The van der Waals surface area contributed by atoms with Crippen molar-refractivity contribution in [2.75, 3.05) is 17.1 Å². The molecule has 0 aliphatic heterocycles. The smallest absolute Gasteiger partial charge is 0.416 e. The number of rotatable bonds is 6. The molecule has 0 atom stereocenters. The van der Waals surface area contributed by atoms with Gasteiger partial charge in [-0.2, -0.15) is 13.2 Å². The zero-order valence-corrected chi connectivity index (χ0v) is 16.9. The molecule has 0 unspecified atom stereocenters. The third-order valence-electron chi connectivity index (χ3n) is 4.22. The molecule has 162 valence electrons. The van der Waals surface area contributed by atoms with E-state index in [2.05, 4.69) is 10.0 Å². The number of nitrogens with one attached hydrogen (secondary N) is 2. The van der Waals surface area contributed by atoms with Crippen molar-refractivity contribution in [1.29, 1.82) is 0 Å². The van der Waals surface area contributed by atoms with Gasteiger partial charge in [-0.15, -0.1) is 0 Å². The average molecular weight is 450 g/mol. The lowest BCUT2D eigenvalue weighted by Crippen LogP contribution is -2.15. The Labute approximate surface area is 176 Å². The van der Waals surface area contributed by atoms with Gasteiger partial charge in [0.1, 0.15) is 5.75 Å². The van der Waals surface area contributed by atoms with Gasteiger partial charge in [-0.25, -0.2) is 8.42 Å². The number of carbonyl (C=O) groups excluding carboxylic acids is 1. The first kappa shape index (κ1) is 22.2. The molecular formula is C21H17F3N2O4S. The lowest BCUT2D eigenvalue weighted by Gasteiger charge is -2.11. The second-order valence-corrected chi connectivity index (χ2v) is 8.07. The third-order valence-corrected chi connectivity index (χ3v) is 5.60. The van der Waals surface area contributed by atoms with Gasteiger partial charge in [0, 0.05) is 16.9 Å². The van der Waals surface area contributed by atoms with Crippen LogP contribution in [0.2, 0.25) is 0 Å². The van der Waals surface area contributed by atoms with Gasteiger partial charge in [0.15, 0.2) is 0 Å². The van der Waals surface area contributed by atoms with Crippen molar-refractivity contribution < 1.29 is 31.1 Å². The minimum Gasteiger partial charge on any atom is -0.497 e. The van der Waals surface area contributed by atoms with E-state index in [1.54, 1.807) is 12.1 Å². The van der Waals surface area contributed by atoms with E-state index in [0.29, 0.717) is 11.4 Å². The average Bonchev–Trinajstić information content (AvgIpc) is 2.74. The number of alkyl halides is 3. The number of halogens is 3. The molecule has 0 aliphatic rings. The van der Waals surface area contributed by atoms with Crippen molar-refractivity contribution in [2.45, 2.75) is 11.1 Å². The molecule has 0 fully saturated rings. The molecule has 0 saturated heterocycles. The Morgan fingerprint density at radius 1 is 0.903 bits per heavy atom. The number of hydrogen-bond acceptors (Lipinski definition) is 4. The van der Waals surface area contributed by atoms with Crippen molar-refractivity contribution in [3.8, 4) is 5.75 Å². The summed E-state index contributed by atoms with van der Waals surface area (Å²) >= 11 is 0. The van der Waals surface area contributed by atoms with Crippen molar-refractivity contribution in [3.05, 3.63) is 83.9 Å². The number of anilines is 2. The first-order valence-electron chi connectivity index (χ1n) is 8.84. The SMILES string of the molecule is COc1ccc(NS(=O)(=O)c2cccc(NC(=O)c3ccc(C(F)(F)F)cc3)c2)cc1. The van der Waals surface area contributed by atoms with E-state index in [9.17, 15) is 26.4 Å². The Bertz CT molecular complexity index is 1180. The van der Waals surface area contributed by atoms with Gasteiger partial charge < -0.3 is 10.1 Å². The molecule has 3 aromatic carbocycles. The van der Waals surface area contributed by atoms with Crippen molar-refractivity contribution in [3.63, 3.8) is 0 Å². The lowest BCUT2D eigenvalue weighted by atomic mass is 10.1. The number of hydrogen-bond donors (Lipinski definition) is 2. The Balaban J connectivity index is 1.75. The lowest BCUT2D eigenvalue weighted by molar-refractivity contribution is -0.137. The summed E-state index contributed by atoms with van der Waals surface area (Å²) in [5.41, 5.74) is -0.387. The highest BCUT2D eigenvalue weighted by molar-refractivity contribution is 7.92.